The van der Waals surface area contributed by atoms with Gasteiger partial charge in [-0.3, -0.25) is 9.59 Å². The lowest BCUT2D eigenvalue weighted by molar-refractivity contribution is -0.132. The minimum atomic E-state index is -0.686. The SMILES string of the molecule is C1CCCC1.O=C1C=c2ccccc2=NC1=O. The summed E-state index contributed by atoms with van der Waals surface area (Å²) in [7, 11) is 0. The second-order valence-electron chi connectivity index (χ2n) is 4.25. The molecule has 3 nitrogen and oxygen atoms in total. The number of benzene rings is 1. The number of amides is 1. The number of para-hydroxylation sites is 1. The van der Waals surface area contributed by atoms with Gasteiger partial charge in [0.05, 0.1) is 5.36 Å². The molecule has 0 N–H and O–H groups in total. The summed E-state index contributed by atoms with van der Waals surface area (Å²) in [6.45, 7) is 0. The summed E-state index contributed by atoms with van der Waals surface area (Å²) in [6, 6.07) is 7.03. The third-order valence-corrected chi connectivity index (χ3v) is 2.91. The Morgan fingerprint density at radius 3 is 2.12 bits per heavy atom. The van der Waals surface area contributed by atoms with Gasteiger partial charge in [-0.2, -0.15) is 0 Å². The first kappa shape index (κ1) is 11.7. The molecule has 1 aromatic rings. The Hall–Kier alpha value is -1.77. The highest BCUT2D eigenvalue weighted by molar-refractivity contribution is 6.48. The molecular formula is C14H15NO2. The van der Waals surface area contributed by atoms with E-state index in [1.807, 2.05) is 0 Å². The number of fused-ring (bicyclic) bond motifs is 1. The number of hydrogen-bond donors (Lipinski definition) is 0. The van der Waals surface area contributed by atoms with Crippen molar-refractivity contribution >= 4 is 17.8 Å². The first-order valence-corrected chi connectivity index (χ1v) is 6.01. The van der Waals surface area contributed by atoms with Gasteiger partial charge >= 0.3 is 5.91 Å². The minimum absolute atomic E-state index is 0.547. The quantitative estimate of drug-likeness (QED) is 0.626. The van der Waals surface area contributed by atoms with Gasteiger partial charge in [0, 0.05) is 11.3 Å². The van der Waals surface area contributed by atoms with Crippen molar-refractivity contribution < 1.29 is 9.59 Å². The van der Waals surface area contributed by atoms with Crippen molar-refractivity contribution in [3.05, 3.63) is 34.8 Å². The average Bonchev–Trinajstić information content (AvgIpc) is 2.89. The van der Waals surface area contributed by atoms with Crippen LogP contribution in [0.1, 0.15) is 32.1 Å². The third kappa shape index (κ3) is 3.09. The normalized spacial score (nSPS) is 17.4. The molecule has 1 aliphatic carbocycles. The zero-order chi connectivity index (χ0) is 12.1. The van der Waals surface area contributed by atoms with Gasteiger partial charge in [0.25, 0.3) is 0 Å². The number of hydrogen-bond acceptors (Lipinski definition) is 2. The predicted molar refractivity (Wildman–Crippen MR) is 64.8 cm³/mol. The van der Waals surface area contributed by atoms with Crippen LogP contribution in [0.25, 0.3) is 6.08 Å². The Bertz CT molecular complexity index is 489. The Labute approximate surface area is 99.9 Å². The van der Waals surface area contributed by atoms with Crippen molar-refractivity contribution in [2.24, 2.45) is 4.99 Å². The summed E-state index contributed by atoms with van der Waals surface area (Å²) in [5.74, 6) is -1.23. The Morgan fingerprint density at radius 2 is 1.47 bits per heavy atom. The molecule has 3 rings (SSSR count). The molecule has 1 aliphatic heterocycles. The van der Waals surface area contributed by atoms with Crippen LogP contribution in [0.3, 0.4) is 0 Å². The molecule has 1 aromatic carbocycles. The highest BCUT2D eigenvalue weighted by Gasteiger charge is 2.11. The molecule has 0 atom stereocenters. The second kappa shape index (κ2) is 5.53. The van der Waals surface area contributed by atoms with E-state index in [2.05, 4.69) is 4.99 Å². The van der Waals surface area contributed by atoms with Gasteiger partial charge in [-0.15, -0.1) is 0 Å². The van der Waals surface area contributed by atoms with E-state index in [1.54, 1.807) is 24.3 Å². The molecule has 3 heteroatoms. The van der Waals surface area contributed by atoms with Crippen molar-refractivity contribution in [2.45, 2.75) is 32.1 Å². The number of nitrogens with zero attached hydrogens (tertiary/aromatic N) is 1. The van der Waals surface area contributed by atoms with Crippen molar-refractivity contribution in [1.29, 1.82) is 0 Å². The summed E-state index contributed by atoms with van der Waals surface area (Å²) in [5, 5.41) is 1.28. The van der Waals surface area contributed by atoms with E-state index in [9.17, 15) is 9.59 Å². The molecule has 0 radical (unpaired) electrons. The van der Waals surface area contributed by atoms with Gasteiger partial charge in [-0.05, 0) is 6.07 Å². The van der Waals surface area contributed by atoms with Crippen LogP contribution < -0.4 is 10.6 Å². The lowest BCUT2D eigenvalue weighted by Crippen LogP contribution is -2.33. The van der Waals surface area contributed by atoms with Gasteiger partial charge in [0.15, 0.2) is 0 Å². The maximum absolute atomic E-state index is 10.9. The Balaban J connectivity index is 0.000000181. The van der Waals surface area contributed by atoms with Gasteiger partial charge in [0.1, 0.15) is 0 Å². The first-order valence-electron chi connectivity index (χ1n) is 6.01. The molecule has 2 aliphatic rings. The minimum Gasteiger partial charge on any atom is -0.284 e. The first-order chi connectivity index (χ1) is 8.27. The van der Waals surface area contributed by atoms with Crippen LogP contribution in [0, 0.1) is 0 Å². The van der Waals surface area contributed by atoms with Crippen molar-refractivity contribution in [3.8, 4) is 0 Å². The summed E-state index contributed by atoms with van der Waals surface area (Å²) >= 11 is 0. The van der Waals surface area contributed by atoms with E-state index in [0.717, 1.165) is 0 Å². The number of ketones is 1. The van der Waals surface area contributed by atoms with E-state index in [0.29, 0.717) is 10.6 Å². The number of rotatable bonds is 0. The van der Waals surface area contributed by atoms with Crippen LogP contribution in [0.4, 0.5) is 0 Å². The maximum Gasteiger partial charge on any atom is 0.317 e. The van der Waals surface area contributed by atoms with Crippen molar-refractivity contribution in [3.63, 3.8) is 0 Å². The fourth-order valence-electron chi connectivity index (χ4n) is 1.96. The van der Waals surface area contributed by atoms with Crippen LogP contribution >= 0.6 is 0 Å². The zero-order valence-corrected chi connectivity index (χ0v) is 9.69. The average molecular weight is 229 g/mol. The fourth-order valence-corrected chi connectivity index (χ4v) is 1.96. The van der Waals surface area contributed by atoms with Gasteiger partial charge in [0.2, 0.25) is 5.78 Å². The molecule has 0 saturated heterocycles. The van der Waals surface area contributed by atoms with Crippen LogP contribution in [-0.4, -0.2) is 11.7 Å². The molecule has 88 valence electrons. The molecule has 1 fully saturated rings. The maximum atomic E-state index is 10.9. The Kier molecular flexibility index (Phi) is 3.81. The van der Waals surface area contributed by atoms with Crippen molar-refractivity contribution in [1.82, 2.24) is 0 Å². The summed E-state index contributed by atoms with van der Waals surface area (Å²) in [4.78, 5) is 25.3. The van der Waals surface area contributed by atoms with E-state index in [-0.39, 0.29) is 0 Å². The lowest BCUT2D eigenvalue weighted by atomic mass is 10.2. The summed E-state index contributed by atoms with van der Waals surface area (Å²) in [6.07, 6.45) is 8.81. The van der Waals surface area contributed by atoms with Crippen LogP contribution in [0.5, 0.6) is 0 Å². The molecule has 1 amide bonds. The van der Waals surface area contributed by atoms with Crippen LogP contribution in [0.2, 0.25) is 0 Å². The molecule has 0 unspecified atom stereocenters. The number of Topliss-reactive ketones (excluding diaryl/α,β-unsaturated/α-hetero) is 1. The molecule has 1 saturated carbocycles. The topological polar surface area (TPSA) is 46.5 Å². The number of carbonyl (C=O) groups is 2. The van der Waals surface area contributed by atoms with Crippen LogP contribution in [-0.2, 0) is 9.59 Å². The number of carbonyl (C=O) groups excluding carboxylic acids is 2. The largest absolute Gasteiger partial charge is 0.317 e. The van der Waals surface area contributed by atoms with E-state index in [4.69, 9.17) is 0 Å². The van der Waals surface area contributed by atoms with Crippen LogP contribution in [0.15, 0.2) is 29.3 Å². The Morgan fingerprint density at radius 1 is 0.882 bits per heavy atom. The van der Waals surface area contributed by atoms with Gasteiger partial charge in [-0.1, -0.05) is 50.3 Å². The predicted octanol–water partition coefficient (Wildman–Crippen LogP) is 1.15. The lowest BCUT2D eigenvalue weighted by Gasteiger charge is -1.95. The molecule has 0 spiro atoms. The van der Waals surface area contributed by atoms with E-state index < -0.39 is 11.7 Å². The van der Waals surface area contributed by atoms with E-state index in [1.165, 1.54) is 38.2 Å². The molecule has 1 heterocycles. The van der Waals surface area contributed by atoms with E-state index >= 15 is 0 Å². The van der Waals surface area contributed by atoms with Gasteiger partial charge < -0.3 is 0 Å². The summed E-state index contributed by atoms with van der Waals surface area (Å²) < 4.78 is 0. The smallest absolute Gasteiger partial charge is 0.284 e. The van der Waals surface area contributed by atoms with Crippen molar-refractivity contribution in [2.75, 3.05) is 0 Å². The standard InChI is InChI=1S/C9H5NO2.C5H10/c11-8-5-6-3-1-2-4-7(6)10-9(8)12;1-2-4-5-3-1/h1-5H;1-5H2. The highest BCUT2D eigenvalue weighted by Crippen LogP contribution is 2.15. The third-order valence-electron chi connectivity index (χ3n) is 2.91. The monoisotopic (exact) mass is 229 g/mol. The second-order valence-corrected chi connectivity index (χ2v) is 4.25. The zero-order valence-electron chi connectivity index (χ0n) is 9.69. The molecule has 17 heavy (non-hydrogen) atoms. The van der Waals surface area contributed by atoms with Gasteiger partial charge in [-0.25, -0.2) is 4.99 Å². The summed E-state index contributed by atoms with van der Waals surface area (Å²) in [5.41, 5.74) is 0. The molecule has 0 bridgehead atoms. The molecule has 0 aromatic heterocycles. The highest BCUT2D eigenvalue weighted by atomic mass is 16.2. The molecular weight excluding hydrogens is 214 g/mol. The fraction of sp³-hybridized carbons (Fsp3) is 0.357.